The number of nitrogens with zero attached hydrogens (tertiary/aromatic N) is 2. The first-order valence-electron chi connectivity index (χ1n) is 8.48. The molecule has 6 nitrogen and oxygen atoms in total. The lowest BCUT2D eigenvalue weighted by atomic mass is 10.1. The summed E-state index contributed by atoms with van der Waals surface area (Å²) in [6, 6.07) is 14.0. The van der Waals surface area contributed by atoms with Crippen molar-refractivity contribution in [2.75, 3.05) is 7.05 Å². The van der Waals surface area contributed by atoms with Crippen molar-refractivity contribution >= 4 is 28.7 Å². The highest BCUT2D eigenvalue weighted by molar-refractivity contribution is 6.21. The highest BCUT2D eigenvalue weighted by Crippen LogP contribution is 2.25. The van der Waals surface area contributed by atoms with Crippen LogP contribution in [0.1, 0.15) is 49.7 Å². The third-order valence-corrected chi connectivity index (χ3v) is 4.69. The van der Waals surface area contributed by atoms with Crippen LogP contribution in [-0.4, -0.2) is 34.7 Å². The van der Waals surface area contributed by atoms with E-state index < -0.39 is 18.0 Å². The number of pyridine rings is 1. The van der Waals surface area contributed by atoms with Crippen LogP contribution in [0.15, 0.2) is 54.7 Å². The number of carbonyl (C=O) groups is 3. The molecule has 1 unspecified atom stereocenters. The van der Waals surface area contributed by atoms with E-state index in [4.69, 9.17) is 4.74 Å². The summed E-state index contributed by atoms with van der Waals surface area (Å²) in [5.41, 5.74) is 2.38. The molecule has 3 aromatic rings. The maximum Gasteiger partial charge on any atom is 0.338 e. The van der Waals surface area contributed by atoms with Crippen LogP contribution in [0.3, 0.4) is 0 Å². The lowest BCUT2D eigenvalue weighted by Gasteiger charge is -2.14. The second-order valence-corrected chi connectivity index (χ2v) is 6.44. The van der Waals surface area contributed by atoms with Crippen LogP contribution in [0.4, 0.5) is 0 Å². The van der Waals surface area contributed by atoms with E-state index in [0.717, 1.165) is 21.4 Å². The standard InChI is InChI=1S/C21H16N2O4/c1-12(15-9-13-5-3-4-6-18(13)22-11-15)27-21(26)14-7-8-16-17(10-14)20(25)23(2)19(16)24/h3-12H,1-2H3. The van der Waals surface area contributed by atoms with Crippen molar-refractivity contribution in [3.63, 3.8) is 0 Å². The normalized spacial score (nSPS) is 14.4. The van der Waals surface area contributed by atoms with Gasteiger partial charge in [-0.1, -0.05) is 18.2 Å². The largest absolute Gasteiger partial charge is 0.454 e. The number of fused-ring (bicyclic) bond motifs is 2. The summed E-state index contributed by atoms with van der Waals surface area (Å²) in [7, 11) is 1.41. The van der Waals surface area contributed by atoms with Crippen molar-refractivity contribution in [3.05, 3.63) is 77.0 Å². The summed E-state index contributed by atoms with van der Waals surface area (Å²) in [6.45, 7) is 1.76. The molecule has 0 spiro atoms. The molecule has 134 valence electrons. The molecule has 0 saturated carbocycles. The van der Waals surface area contributed by atoms with Crippen LogP contribution in [0.2, 0.25) is 0 Å². The first-order chi connectivity index (χ1) is 13.0. The average molecular weight is 360 g/mol. The summed E-state index contributed by atoms with van der Waals surface area (Å²) < 4.78 is 5.53. The molecule has 2 amide bonds. The summed E-state index contributed by atoms with van der Waals surface area (Å²) >= 11 is 0. The predicted octanol–water partition coefficient (Wildman–Crippen LogP) is 3.38. The van der Waals surface area contributed by atoms with Crippen LogP contribution in [-0.2, 0) is 4.74 Å². The van der Waals surface area contributed by atoms with E-state index >= 15 is 0 Å². The zero-order valence-corrected chi connectivity index (χ0v) is 14.8. The van der Waals surface area contributed by atoms with E-state index in [9.17, 15) is 14.4 Å². The van der Waals surface area contributed by atoms with Crippen LogP contribution in [0.5, 0.6) is 0 Å². The van der Waals surface area contributed by atoms with E-state index in [1.807, 2.05) is 30.3 Å². The maximum atomic E-state index is 12.5. The van der Waals surface area contributed by atoms with Crippen molar-refractivity contribution in [2.24, 2.45) is 0 Å². The molecule has 0 N–H and O–H groups in total. The van der Waals surface area contributed by atoms with Crippen molar-refractivity contribution in [1.29, 1.82) is 0 Å². The van der Waals surface area contributed by atoms with Crippen molar-refractivity contribution in [3.8, 4) is 0 Å². The number of esters is 1. The number of aromatic nitrogens is 1. The second kappa shape index (κ2) is 6.32. The number of carbonyl (C=O) groups excluding carboxylic acids is 3. The Morgan fingerprint density at radius 1 is 1.04 bits per heavy atom. The minimum atomic E-state index is -0.562. The number of hydrogen-bond donors (Lipinski definition) is 0. The van der Waals surface area contributed by atoms with Gasteiger partial charge in [-0.3, -0.25) is 19.5 Å². The lowest BCUT2D eigenvalue weighted by Crippen LogP contribution is -2.24. The van der Waals surface area contributed by atoms with Gasteiger partial charge in [0.05, 0.1) is 22.2 Å². The fourth-order valence-corrected chi connectivity index (χ4v) is 3.10. The molecule has 2 aromatic carbocycles. The topological polar surface area (TPSA) is 76.6 Å². The van der Waals surface area contributed by atoms with Gasteiger partial charge < -0.3 is 4.74 Å². The number of hydrogen-bond acceptors (Lipinski definition) is 5. The van der Waals surface area contributed by atoms with Crippen molar-refractivity contribution in [2.45, 2.75) is 13.0 Å². The van der Waals surface area contributed by atoms with E-state index in [0.29, 0.717) is 5.56 Å². The molecule has 1 atom stereocenters. The van der Waals surface area contributed by atoms with E-state index in [1.54, 1.807) is 13.1 Å². The van der Waals surface area contributed by atoms with Crippen LogP contribution < -0.4 is 0 Å². The monoisotopic (exact) mass is 360 g/mol. The first-order valence-corrected chi connectivity index (χ1v) is 8.48. The molecule has 1 aromatic heterocycles. The Balaban J connectivity index is 1.57. The maximum absolute atomic E-state index is 12.5. The summed E-state index contributed by atoms with van der Waals surface area (Å²) in [5, 5.41) is 0.961. The fraction of sp³-hybridized carbons (Fsp3) is 0.143. The van der Waals surface area contributed by atoms with Gasteiger partial charge in [-0.15, -0.1) is 0 Å². The second-order valence-electron chi connectivity index (χ2n) is 6.44. The average Bonchev–Trinajstić information content (AvgIpc) is 2.91. The summed E-state index contributed by atoms with van der Waals surface area (Å²) in [6.07, 6.45) is 1.17. The minimum Gasteiger partial charge on any atom is -0.454 e. The lowest BCUT2D eigenvalue weighted by molar-refractivity contribution is 0.0337. The number of para-hydroxylation sites is 1. The van der Waals surface area contributed by atoms with Crippen molar-refractivity contribution in [1.82, 2.24) is 9.88 Å². The highest BCUT2D eigenvalue weighted by Gasteiger charge is 2.33. The van der Waals surface area contributed by atoms with Crippen LogP contribution in [0.25, 0.3) is 10.9 Å². The quantitative estimate of drug-likeness (QED) is 0.529. The number of imide groups is 1. The van der Waals surface area contributed by atoms with E-state index in [1.165, 1.54) is 25.2 Å². The Kier molecular flexibility index (Phi) is 3.96. The Labute approximate surface area is 155 Å². The van der Waals surface area contributed by atoms with Gasteiger partial charge in [0.25, 0.3) is 11.8 Å². The smallest absolute Gasteiger partial charge is 0.338 e. The zero-order valence-electron chi connectivity index (χ0n) is 14.8. The summed E-state index contributed by atoms with van der Waals surface area (Å²) in [5.74, 6) is -1.35. The number of amides is 2. The van der Waals surface area contributed by atoms with Gasteiger partial charge in [0.2, 0.25) is 0 Å². The van der Waals surface area contributed by atoms with Gasteiger partial charge in [0.15, 0.2) is 0 Å². The highest BCUT2D eigenvalue weighted by atomic mass is 16.5. The van der Waals surface area contributed by atoms with Crippen LogP contribution in [0, 0.1) is 0 Å². The molecule has 1 aliphatic rings. The van der Waals surface area contributed by atoms with Gasteiger partial charge in [-0.25, -0.2) is 4.79 Å². The molecule has 1 aliphatic heterocycles. The number of ether oxygens (including phenoxy) is 1. The zero-order chi connectivity index (χ0) is 19.1. The fourth-order valence-electron chi connectivity index (χ4n) is 3.10. The molecule has 0 radical (unpaired) electrons. The minimum absolute atomic E-state index is 0.219. The SMILES string of the molecule is CC(OC(=O)c1ccc2c(c1)C(=O)N(C)C2=O)c1cnc2ccccc2c1. The van der Waals surface area contributed by atoms with Gasteiger partial charge in [0, 0.05) is 24.2 Å². The first kappa shape index (κ1) is 16.9. The van der Waals surface area contributed by atoms with Gasteiger partial charge >= 0.3 is 5.97 Å². The molecule has 4 rings (SSSR count). The molecule has 0 saturated heterocycles. The van der Waals surface area contributed by atoms with Gasteiger partial charge in [-0.05, 0) is 37.3 Å². The Morgan fingerprint density at radius 2 is 1.78 bits per heavy atom. The summed E-state index contributed by atoms with van der Waals surface area (Å²) in [4.78, 5) is 42.0. The molecule has 2 heterocycles. The molecule has 27 heavy (non-hydrogen) atoms. The molecular formula is C21H16N2O4. The number of rotatable bonds is 3. The van der Waals surface area contributed by atoms with Gasteiger partial charge in [0.1, 0.15) is 6.10 Å². The molecular weight excluding hydrogens is 344 g/mol. The Morgan fingerprint density at radius 3 is 2.59 bits per heavy atom. The third-order valence-electron chi connectivity index (χ3n) is 4.69. The molecule has 0 fully saturated rings. The van der Waals surface area contributed by atoms with E-state index in [-0.39, 0.29) is 17.0 Å². The van der Waals surface area contributed by atoms with Gasteiger partial charge in [-0.2, -0.15) is 0 Å². The Bertz CT molecular complexity index is 1110. The predicted molar refractivity (Wildman–Crippen MR) is 98.4 cm³/mol. The Hall–Kier alpha value is -3.54. The number of benzene rings is 2. The molecule has 0 aliphatic carbocycles. The van der Waals surface area contributed by atoms with Crippen molar-refractivity contribution < 1.29 is 19.1 Å². The van der Waals surface area contributed by atoms with Crippen LogP contribution >= 0.6 is 0 Å². The molecule has 0 bridgehead atoms. The van der Waals surface area contributed by atoms with E-state index in [2.05, 4.69) is 4.98 Å². The molecule has 6 heteroatoms. The third kappa shape index (κ3) is 2.85.